The summed E-state index contributed by atoms with van der Waals surface area (Å²) in [5.74, 6) is 2.42. The van der Waals surface area contributed by atoms with Crippen LogP contribution >= 0.6 is 24.4 Å². The van der Waals surface area contributed by atoms with Gasteiger partial charge in [-0.15, -0.1) is 12.6 Å². The van der Waals surface area contributed by atoms with Crippen molar-refractivity contribution in [3.8, 4) is 0 Å². The Morgan fingerprint density at radius 1 is 1.50 bits per heavy atom. The normalized spacial score (nSPS) is 20.1. The number of thioether (sulfide) groups is 1. The Kier molecular flexibility index (Phi) is 4.80. The highest BCUT2D eigenvalue weighted by Crippen LogP contribution is 2.08. The highest BCUT2D eigenvalue weighted by molar-refractivity contribution is 7.99. The second-order valence-electron chi connectivity index (χ2n) is 2.65. The Balaban J connectivity index is 2.17. The van der Waals surface area contributed by atoms with E-state index >= 15 is 0 Å². The van der Waals surface area contributed by atoms with Crippen LogP contribution in [0.2, 0.25) is 0 Å². The van der Waals surface area contributed by atoms with Gasteiger partial charge in [0.2, 0.25) is 5.12 Å². The molecule has 12 heavy (non-hydrogen) atoms. The van der Waals surface area contributed by atoms with Gasteiger partial charge in [0, 0.05) is 31.1 Å². The second kappa shape index (κ2) is 5.67. The first kappa shape index (κ1) is 10.2. The molecule has 1 aliphatic rings. The first-order valence-electron chi connectivity index (χ1n) is 3.98. The zero-order valence-electron chi connectivity index (χ0n) is 6.90. The summed E-state index contributed by atoms with van der Waals surface area (Å²) in [5, 5.41) is -0.165. The minimum Gasteiger partial charge on any atom is -0.298 e. The van der Waals surface area contributed by atoms with Gasteiger partial charge < -0.3 is 0 Å². The van der Waals surface area contributed by atoms with Gasteiger partial charge >= 0.3 is 0 Å². The van der Waals surface area contributed by atoms with Crippen molar-refractivity contribution in [3.63, 3.8) is 0 Å². The molecule has 0 unspecified atom stereocenters. The van der Waals surface area contributed by atoms with E-state index in [1.165, 1.54) is 17.6 Å². The van der Waals surface area contributed by atoms with Gasteiger partial charge in [-0.1, -0.05) is 6.08 Å². The molecule has 0 atom stereocenters. The number of nitrogens with zero attached hydrogens (tertiary/aromatic N) is 1. The molecule has 0 radical (unpaired) electrons. The maximum atomic E-state index is 10.4. The lowest BCUT2D eigenvalue weighted by molar-refractivity contribution is -0.106. The molecule has 0 aliphatic carbocycles. The lowest BCUT2D eigenvalue weighted by Crippen LogP contribution is -2.32. The first-order chi connectivity index (χ1) is 5.79. The van der Waals surface area contributed by atoms with Crippen LogP contribution in [0.15, 0.2) is 12.2 Å². The number of hydrogen-bond acceptors (Lipinski definition) is 3. The van der Waals surface area contributed by atoms with E-state index in [1.54, 1.807) is 0 Å². The van der Waals surface area contributed by atoms with Gasteiger partial charge in [-0.05, 0) is 6.08 Å². The van der Waals surface area contributed by atoms with E-state index in [0.717, 1.165) is 19.6 Å². The van der Waals surface area contributed by atoms with Crippen LogP contribution in [-0.2, 0) is 4.79 Å². The van der Waals surface area contributed by atoms with Gasteiger partial charge in [-0.2, -0.15) is 11.8 Å². The molecule has 68 valence electrons. The van der Waals surface area contributed by atoms with Crippen molar-refractivity contribution in [2.45, 2.75) is 0 Å². The van der Waals surface area contributed by atoms with Gasteiger partial charge in [0.1, 0.15) is 0 Å². The molecule has 1 fully saturated rings. The van der Waals surface area contributed by atoms with Crippen molar-refractivity contribution in [2.75, 3.05) is 31.1 Å². The average molecular weight is 203 g/mol. The first-order valence-corrected chi connectivity index (χ1v) is 5.59. The summed E-state index contributed by atoms with van der Waals surface area (Å²) >= 11 is 5.64. The van der Waals surface area contributed by atoms with Crippen molar-refractivity contribution in [1.29, 1.82) is 0 Å². The Bertz CT molecular complexity index is 176. The lowest BCUT2D eigenvalue weighted by atomic mass is 10.4. The van der Waals surface area contributed by atoms with E-state index in [0.29, 0.717) is 0 Å². The Morgan fingerprint density at radius 3 is 2.75 bits per heavy atom. The van der Waals surface area contributed by atoms with Gasteiger partial charge in [-0.3, -0.25) is 9.69 Å². The maximum Gasteiger partial charge on any atom is 0.208 e. The van der Waals surface area contributed by atoms with E-state index in [1.807, 2.05) is 17.8 Å². The van der Waals surface area contributed by atoms with Gasteiger partial charge in [0.05, 0.1) is 0 Å². The molecular formula is C8H13NOS2. The van der Waals surface area contributed by atoms with E-state index < -0.39 is 0 Å². The topological polar surface area (TPSA) is 20.3 Å². The Morgan fingerprint density at radius 2 is 2.17 bits per heavy atom. The van der Waals surface area contributed by atoms with Crippen LogP contribution < -0.4 is 0 Å². The summed E-state index contributed by atoms with van der Waals surface area (Å²) in [7, 11) is 0. The zero-order chi connectivity index (χ0) is 8.81. The van der Waals surface area contributed by atoms with Crippen LogP contribution in [-0.4, -0.2) is 41.2 Å². The number of thiol groups is 1. The molecule has 0 aromatic carbocycles. The fourth-order valence-electron chi connectivity index (χ4n) is 1.09. The summed E-state index contributed by atoms with van der Waals surface area (Å²) < 4.78 is 0. The molecule has 0 aromatic rings. The largest absolute Gasteiger partial charge is 0.298 e. The van der Waals surface area contributed by atoms with E-state index in [9.17, 15) is 4.79 Å². The third-order valence-electron chi connectivity index (χ3n) is 1.73. The van der Waals surface area contributed by atoms with Crippen LogP contribution in [0.25, 0.3) is 0 Å². The summed E-state index contributed by atoms with van der Waals surface area (Å²) in [5.41, 5.74) is 0. The molecule has 0 N–H and O–H groups in total. The molecule has 0 bridgehead atoms. The zero-order valence-corrected chi connectivity index (χ0v) is 8.61. The Labute approximate surface area is 82.8 Å². The molecular weight excluding hydrogens is 190 g/mol. The maximum absolute atomic E-state index is 10.4. The minimum atomic E-state index is -0.165. The van der Waals surface area contributed by atoms with Gasteiger partial charge in [0.25, 0.3) is 0 Å². The molecule has 1 heterocycles. The molecule has 1 aliphatic heterocycles. The summed E-state index contributed by atoms with van der Waals surface area (Å²) in [4.78, 5) is 12.8. The fourth-order valence-corrected chi connectivity index (χ4v) is 2.17. The van der Waals surface area contributed by atoms with Crippen LogP contribution in [0, 0.1) is 0 Å². The smallest absolute Gasteiger partial charge is 0.208 e. The highest BCUT2D eigenvalue weighted by atomic mass is 32.2. The molecule has 2 nitrogen and oxygen atoms in total. The standard InChI is InChI=1S/C8H13NOS2/c10-8(11)2-1-3-9-4-6-12-7-5-9/h1-2H,3-7H2,(H,10,11)/b2-1+. The monoisotopic (exact) mass is 203 g/mol. The van der Waals surface area contributed by atoms with Gasteiger partial charge in [0.15, 0.2) is 0 Å². The number of rotatable bonds is 3. The average Bonchev–Trinajstić information content (AvgIpc) is 2.05. The third-order valence-corrected chi connectivity index (χ3v) is 2.82. The van der Waals surface area contributed by atoms with Crippen molar-refractivity contribution in [3.05, 3.63) is 12.2 Å². The van der Waals surface area contributed by atoms with Crippen molar-refractivity contribution >= 4 is 29.5 Å². The van der Waals surface area contributed by atoms with Crippen molar-refractivity contribution in [2.24, 2.45) is 0 Å². The predicted molar refractivity (Wildman–Crippen MR) is 56.9 cm³/mol. The van der Waals surface area contributed by atoms with E-state index in [4.69, 9.17) is 0 Å². The fraction of sp³-hybridized carbons (Fsp3) is 0.625. The number of carbonyl (C=O) groups excluding carboxylic acids is 1. The van der Waals surface area contributed by atoms with Crippen molar-refractivity contribution < 1.29 is 4.79 Å². The minimum absolute atomic E-state index is 0.165. The van der Waals surface area contributed by atoms with Gasteiger partial charge in [-0.25, -0.2) is 0 Å². The number of hydrogen-bond donors (Lipinski definition) is 1. The molecule has 1 saturated heterocycles. The molecule has 0 amide bonds. The van der Waals surface area contributed by atoms with Crippen LogP contribution in [0.4, 0.5) is 0 Å². The molecule has 4 heteroatoms. The number of carbonyl (C=O) groups is 1. The second-order valence-corrected chi connectivity index (χ2v) is 4.32. The third kappa shape index (κ3) is 4.18. The van der Waals surface area contributed by atoms with E-state index in [2.05, 4.69) is 17.5 Å². The molecule has 1 rings (SSSR count). The Hall–Kier alpha value is 0.0700. The van der Waals surface area contributed by atoms with Crippen molar-refractivity contribution in [1.82, 2.24) is 4.90 Å². The van der Waals surface area contributed by atoms with E-state index in [-0.39, 0.29) is 5.12 Å². The quantitative estimate of drug-likeness (QED) is 0.547. The molecule has 0 aromatic heterocycles. The van der Waals surface area contributed by atoms with Crippen LogP contribution in [0.5, 0.6) is 0 Å². The summed E-state index contributed by atoms with van der Waals surface area (Å²) in [6.45, 7) is 3.15. The molecule has 0 saturated carbocycles. The predicted octanol–water partition coefficient (Wildman–Crippen LogP) is 1.05. The highest BCUT2D eigenvalue weighted by Gasteiger charge is 2.07. The summed E-state index contributed by atoms with van der Waals surface area (Å²) in [6.07, 6.45) is 3.40. The SMILES string of the molecule is O=C(S)/C=C/CN1CCSCC1. The summed E-state index contributed by atoms with van der Waals surface area (Å²) in [6, 6.07) is 0. The lowest BCUT2D eigenvalue weighted by Gasteiger charge is -2.24. The molecule has 0 spiro atoms. The van der Waals surface area contributed by atoms with Crippen LogP contribution in [0.1, 0.15) is 0 Å². The van der Waals surface area contributed by atoms with Crippen LogP contribution in [0.3, 0.4) is 0 Å².